The quantitative estimate of drug-likeness (QED) is 0.376. The van der Waals surface area contributed by atoms with Crippen molar-refractivity contribution >= 4 is 24.2 Å². The van der Waals surface area contributed by atoms with Gasteiger partial charge in [-0.05, 0) is 25.4 Å². The van der Waals surface area contributed by atoms with E-state index in [1.165, 1.54) is 6.07 Å². The van der Waals surface area contributed by atoms with Gasteiger partial charge in [0.2, 0.25) is 0 Å². The second-order valence-corrected chi connectivity index (χ2v) is 4.07. The van der Waals surface area contributed by atoms with Crippen LogP contribution in [0.25, 0.3) is 0 Å². The van der Waals surface area contributed by atoms with Crippen molar-refractivity contribution in [1.82, 2.24) is 5.32 Å². The van der Waals surface area contributed by atoms with Gasteiger partial charge in [0.25, 0.3) is 11.6 Å². The third-order valence-corrected chi connectivity index (χ3v) is 2.13. The Morgan fingerprint density at radius 1 is 1.39 bits per heavy atom. The summed E-state index contributed by atoms with van der Waals surface area (Å²) in [4.78, 5) is 21.7. The average Bonchev–Trinajstić information content (AvgIpc) is 2.27. The van der Waals surface area contributed by atoms with Gasteiger partial charge >= 0.3 is 7.12 Å². The number of nitrogens with one attached hydrogen (secondary N) is 1. The monoisotopic (exact) mass is 252 g/mol. The molecule has 0 heterocycles. The van der Waals surface area contributed by atoms with Gasteiger partial charge in [-0.1, -0.05) is 0 Å². The Bertz CT molecular complexity index is 475. The maximum atomic E-state index is 11.7. The van der Waals surface area contributed by atoms with E-state index in [0.29, 0.717) is 0 Å². The predicted molar refractivity (Wildman–Crippen MR) is 65.5 cm³/mol. The summed E-state index contributed by atoms with van der Waals surface area (Å²) in [6.45, 7) is 3.49. The summed E-state index contributed by atoms with van der Waals surface area (Å²) in [5.41, 5.74) is -0.450. The third kappa shape index (κ3) is 3.54. The van der Waals surface area contributed by atoms with Gasteiger partial charge < -0.3 is 15.4 Å². The van der Waals surface area contributed by atoms with E-state index in [2.05, 4.69) is 5.32 Å². The maximum Gasteiger partial charge on any atom is 0.488 e. The molecule has 0 unspecified atom stereocenters. The lowest BCUT2D eigenvalue weighted by atomic mass is 9.79. The van der Waals surface area contributed by atoms with Crippen molar-refractivity contribution in [3.8, 4) is 0 Å². The van der Waals surface area contributed by atoms with E-state index in [9.17, 15) is 14.9 Å². The summed E-state index contributed by atoms with van der Waals surface area (Å²) in [6.07, 6.45) is 0. The van der Waals surface area contributed by atoms with E-state index in [4.69, 9.17) is 10.0 Å². The van der Waals surface area contributed by atoms with Gasteiger partial charge in [-0.3, -0.25) is 14.9 Å². The van der Waals surface area contributed by atoms with Crippen LogP contribution in [-0.2, 0) is 0 Å². The zero-order valence-electron chi connectivity index (χ0n) is 9.95. The molecule has 0 saturated carbocycles. The highest BCUT2D eigenvalue weighted by atomic mass is 16.6. The first kappa shape index (κ1) is 14.1. The van der Waals surface area contributed by atoms with Crippen molar-refractivity contribution in [1.29, 1.82) is 0 Å². The fourth-order valence-corrected chi connectivity index (χ4v) is 1.37. The summed E-state index contributed by atoms with van der Waals surface area (Å²) in [5.74, 6) is -0.504. The highest BCUT2D eigenvalue weighted by Gasteiger charge is 2.20. The molecule has 0 saturated heterocycles. The Kier molecular flexibility index (Phi) is 4.41. The largest absolute Gasteiger partial charge is 0.488 e. The summed E-state index contributed by atoms with van der Waals surface area (Å²) >= 11 is 0. The number of carbonyl (C=O) groups is 1. The summed E-state index contributed by atoms with van der Waals surface area (Å²) in [6, 6.07) is 3.18. The van der Waals surface area contributed by atoms with E-state index in [1.54, 1.807) is 13.8 Å². The van der Waals surface area contributed by atoms with Gasteiger partial charge in [0.15, 0.2) is 0 Å². The molecule has 3 N–H and O–H groups in total. The molecule has 0 atom stereocenters. The first-order chi connectivity index (χ1) is 8.31. The van der Waals surface area contributed by atoms with Crippen molar-refractivity contribution in [3.63, 3.8) is 0 Å². The Labute approximate surface area is 104 Å². The number of hydrogen-bond donors (Lipinski definition) is 3. The number of nitro groups is 1. The van der Waals surface area contributed by atoms with E-state index < -0.39 is 17.9 Å². The molecule has 7 nitrogen and oxygen atoms in total. The van der Waals surface area contributed by atoms with Crippen LogP contribution in [0, 0.1) is 10.1 Å². The first-order valence-corrected chi connectivity index (χ1v) is 5.27. The van der Waals surface area contributed by atoms with Crippen LogP contribution >= 0.6 is 0 Å². The minimum absolute atomic E-state index is 0.0148. The van der Waals surface area contributed by atoms with Crippen molar-refractivity contribution in [3.05, 3.63) is 33.9 Å². The van der Waals surface area contributed by atoms with Crippen molar-refractivity contribution < 1.29 is 19.8 Å². The molecule has 0 bridgehead atoms. The molecule has 1 amide bonds. The summed E-state index contributed by atoms with van der Waals surface area (Å²) in [5, 5.41) is 31.3. The Hall–Kier alpha value is -1.93. The SMILES string of the molecule is CC(C)NC(=O)c1cc(B(O)O)cc([N+](=O)[O-])c1. The fourth-order valence-electron chi connectivity index (χ4n) is 1.37. The number of rotatable bonds is 4. The van der Waals surface area contributed by atoms with Gasteiger partial charge in [0.05, 0.1) is 4.92 Å². The fraction of sp³-hybridized carbons (Fsp3) is 0.300. The molecule has 96 valence electrons. The molecular formula is C10H13BN2O5. The molecule has 1 rings (SSSR count). The van der Waals surface area contributed by atoms with Crippen molar-refractivity contribution in [2.75, 3.05) is 0 Å². The van der Waals surface area contributed by atoms with Crippen molar-refractivity contribution in [2.45, 2.75) is 19.9 Å². The van der Waals surface area contributed by atoms with Crippen LogP contribution in [-0.4, -0.2) is 34.0 Å². The van der Waals surface area contributed by atoms with Crippen LogP contribution < -0.4 is 10.8 Å². The van der Waals surface area contributed by atoms with E-state index in [0.717, 1.165) is 12.1 Å². The molecule has 0 spiro atoms. The lowest BCUT2D eigenvalue weighted by Crippen LogP contribution is -2.34. The standard InChI is InChI=1S/C10H13BN2O5/c1-6(2)12-10(14)7-3-8(11(15)16)5-9(4-7)13(17)18/h3-6,15-16H,1-2H3,(H,12,14). The van der Waals surface area contributed by atoms with E-state index >= 15 is 0 Å². The molecule has 8 heteroatoms. The zero-order valence-corrected chi connectivity index (χ0v) is 9.95. The molecule has 1 aromatic rings. The number of amides is 1. The van der Waals surface area contributed by atoms with Crippen LogP contribution in [0.1, 0.15) is 24.2 Å². The summed E-state index contributed by atoms with van der Waals surface area (Å²) in [7, 11) is -1.87. The number of nitrogens with zero attached hydrogens (tertiary/aromatic N) is 1. The minimum atomic E-state index is -1.87. The molecule has 1 aromatic carbocycles. The molecule has 0 aliphatic heterocycles. The van der Waals surface area contributed by atoms with Crippen LogP contribution in [0.15, 0.2) is 18.2 Å². The van der Waals surface area contributed by atoms with E-state index in [1.807, 2.05) is 0 Å². The second kappa shape index (κ2) is 5.61. The number of nitro benzene ring substituents is 1. The average molecular weight is 252 g/mol. The number of hydrogen-bond acceptors (Lipinski definition) is 5. The van der Waals surface area contributed by atoms with Crippen molar-refractivity contribution in [2.24, 2.45) is 0 Å². The first-order valence-electron chi connectivity index (χ1n) is 5.27. The third-order valence-electron chi connectivity index (χ3n) is 2.13. The highest BCUT2D eigenvalue weighted by molar-refractivity contribution is 6.58. The summed E-state index contributed by atoms with van der Waals surface area (Å²) < 4.78 is 0. The van der Waals surface area contributed by atoms with Gasteiger partial charge in [-0.25, -0.2) is 0 Å². The lowest BCUT2D eigenvalue weighted by Gasteiger charge is -2.09. The maximum absolute atomic E-state index is 11.7. The zero-order chi connectivity index (χ0) is 13.9. The highest BCUT2D eigenvalue weighted by Crippen LogP contribution is 2.12. The topological polar surface area (TPSA) is 113 Å². The number of non-ortho nitro benzene ring substituents is 1. The Morgan fingerprint density at radius 2 is 2.00 bits per heavy atom. The van der Waals surface area contributed by atoms with Gasteiger partial charge in [0, 0.05) is 23.7 Å². The second-order valence-electron chi connectivity index (χ2n) is 4.07. The molecule has 0 radical (unpaired) electrons. The smallest absolute Gasteiger partial charge is 0.423 e. The minimum Gasteiger partial charge on any atom is -0.423 e. The number of carbonyl (C=O) groups excluding carboxylic acids is 1. The van der Waals surface area contributed by atoms with Gasteiger partial charge in [0.1, 0.15) is 0 Å². The molecular weight excluding hydrogens is 239 g/mol. The van der Waals surface area contributed by atoms with E-state index in [-0.39, 0.29) is 22.8 Å². The molecule has 0 aliphatic rings. The molecule has 0 fully saturated rings. The van der Waals surface area contributed by atoms with Crippen LogP contribution in [0.5, 0.6) is 0 Å². The van der Waals surface area contributed by atoms with Gasteiger partial charge in [-0.2, -0.15) is 0 Å². The Morgan fingerprint density at radius 3 is 2.44 bits per heavy atom. The lowest BCUT2D eigenvalue weighted by molar-refractivity contribution is -0.384. The normalized spacial score (nSPS) is 10.3. The van der Waals surface area contributed by atoms with Crippen LogP contribution in [0.3, 0.4) is 0 Å². The Balaban J connectivity index is 3.18. The molecule has 18 heavy (non-hydrogen) atoms. The van der Waals surface area contributed by atoms with Gasteiger partial charge in [-0.15, -0.1) is 0 Å². The molecule has 0 aromatic heterocycles. The predicted octanol–water partition coefficient (Wildman–Crippen LogP) is -0.587. The number of benzene rings is 1. The van der Waals surface area contributed by atoms with Crippen LogP contribution in [0.4, 0.5) is 5.69 Å². The van der Waals surface area contributed by atoms with Crippen LogP contribution in [0.2, 0.25) is 0 Å². The molecule has 0 aliphatic carbocycles.